The number of rotatable bonds is 11. The standard InChI is InChI=1S/C26H32Cl3N3O4S/c1-18(26(34)30-22-6-3-4-7-22)31(17-19-9-10-21(28)16-24(19)29)25(33)8-5-15-32(37(2,35)36)23-13-11-20(27)12-14-23/h9-14,16,18,22H,3-8,15,17H2,1-2H3,(H,30,34)/t18-/m0/s1. The van der Waals surface area contributed by atoms with Gasteiger partial charge in [-0.25, -0.2) is 8.42 Å². The Bertz CT molecular complexity index is 1200. The molecule has 0 spiro atoms. The van der Waals surface area contributed by atoms with Gasteiger partial charge < -0.3 is 10.2 Å². The van der Waals surface area contributed by atoms with Crippen LogP contribution in [-0.2, 0) is 26.2 Å². The summed E-state index contributed by atoms with van der Waals surface area (Å²) in [6.45, 7) is 1.92. The molecule has 0 aliphatic heterocycles. The molecule has 1 atom stereocenters. The minimum absolute atomic E-state index is 0.0475. The van der Waals surface area contributed by atoms with Gasteiger partial charge in [-0.2, -0.15) is 0 Å². The third-order valence-corrected chi connectivity index (χ3v) is 8.52. The van der Waals surface area contributed by atoms with Crippen LogP contribution in [0.3, 0.4) is 0 Å². The van der Waals surface area contributed by atoms with Crippen molar-refractivity contribution >= 4 is 62.3 Å². The van der Waals surface area contributed by atoms with Gasteiger partial charge in [0.15, 0.2) is 0 Å². The van der Waals surface area contributed by atoms with Crippen molar-refractivity contribution < 1.29 is 18.0 Å². The Morgan fingerprint density at radius 1 is 1.03 bits per heavy atom. The second-order valence-electron chi connectivity index (χ2n) is 9.34. The summed E-state index contributed by atoms with van der Waals surface area (Å²) >= 11 is 18.3. The van der Waals surface area contributed by atoms with Crippen LogP contribution >= 0.6 is 34.8 Å². The lowest BCUT2D eigenvalue weighted by molar-refractivity contribution is -0.140. The Morgan fingerprint density at radius 2 is 1.65 bits per heavy atom. The molecule has 0 unspecified atom stereocenters. The van der Waals surface area contributed by atoms with Crippen molar-refractivity contribution in [1.82, 2.24) is 10.2 Å². The summed E-state index contributed by atoms with van der Waals surface area (Å²) in [5, 5.41) is 4.43. The van der Waals surface area contributed by atoms with Crippen LogP contribution in [0.25, 0.3) is 0 Å². The van der Waals surface area contributed by atoms with E-state index in [9.17, 15) is 18.0 Å². The monoisotopic (exact) mass is 587 g/mol. The number of carbonyl (C=O) groups excluding carboxylic acids is 2. The van der Waals surface area contributed by atoms with Crippen molar-refractivity contribution in [3.63, 3.8) is 0 Å². The number of nitrogens with zero attached hydrogens (tertiary/aromatic N) is 2. The first kappa shape index (κ1) is 29.6. The van der Waals surface area contributed by atoms with E-state index in [4.69, 9.17) is 34.8 Å². The Hall–Kier alpha value is -2.00. The highest BCUT2D eigenvalue weighted by Crippen LogP contribution is 2.25. The quantitative estimate of drug-likeness (QED) is 0.367. The lowest BCUT2D eigenvalue weighted by atomic mass is 10.1. The summed E-state index contributed by atoms with van der Waals surface area (Å²) in [5.41, 5.74) is 1.13. The predicted octanol–water partition coefficient (Wildman–Crippen LogP) is 5.67. The van der Waals surface area contributed by atoms with Crippen LogP contribution < -0.4 is 9.62 Å². The number of nitrogens with one attached hydrogen (secondary N) is 1. The van der Waals surface area contributed by atoms with Gasteiger partial charge in [-0.3, -0.25) is 13.9 Å². The predicted molar refractivity (Wildman–Crippen MR) is 150 cm³/mol. The molecular weight excluding hydrogens is 557 g/mol. The van der Waals surface area contributed by atoms with Crippen LogP contribution in [0.2, 0.25) is 15.1 Å². The van der Waals surface area contributed by atoms with E-state index >= 15 is 0 Å². The fourth-order valence-electron chi connectivity index (χ4n) is 4.42. The molecule has 0 aromatic heterocycles. The van der Waals surface area contributed by atoms with Crippen LogP contribution in [0.1, 0.15) is 51.0 Å². The van der Waals surface area contributed by atoms with Crippen LogP contribution in [-0.4, -0.2) is 50.0 Å². The Kier molecular flexibility index (Phi) is 10.5. The lowest BCUT2D eigenvalue weighted by Gasteiger charge is -2.30. The van der Waals surface area contributed by atoms with Crippen molar-refractivity contribution in [1.29, 1.82) is 0 Å². The second-order valence-corrected chi connectivity index (χ2v) is 12.5. The molecule has 7 nitrogen and oxygen atoms in total. The van der Waals surface area contributed by atoms with E-state index in [1.165, 1.54) is 9.21 Å². The van der Waals surface area contributed by atoms with Gasteiger partial charge in [0.2, 0.25) is 21.8 Å². The van der Waals surface area contributed by atoms with Gasteiger partial charge in [-0.1, -0.05) is 53.7 Å². The highest BCUT2D eigenvalue weighted by Gasteiger charge is 2.29. The maximum Gasteiger partial charge on any atom is 0.242 e. The smallest absolute Gasteiger partial charge is 0.242 e. The zero-order chi connectivity index (χ0) is 27.2. The molecule has 37 heavy (non-hydrogen) atoms. The fourth-order valence-corrected chi connectivity index (χ4v) is 5.98. The Morgan fingerprint density at radius 3 is 2.24 bits per heavy atom. The molecule has 0 heterocycles. The normalized spacial score (nSPS) is 14.8. The lowest BCUT2D eigenvalue weighted by Crippen LogP contribution is -2.49. The summed E-state index contributed by atoms with van der Waals surface area (Å²) in [6, 6.07) is 10.9. The summed E-state index contributed by atoms with van der Waals surface area (Å²) in [5.74, 6) is -0.492. The molecule has 1 N–H and O–H groups in total. The van der Waals surface area contributed by atoms with E-state index in [0.29, 0.717) is 26.3 Å². The zero-order valence-electron chi connectivity index (χ0n) is 20.9. The number of halogens is 3. The van der Waals surface area contributed by atoms with Gasteiger partial charge in [0, 0.05) is 40.6 Å². The maximum atomic E-state index is 13.4. The highest BCUT2D eigenvalue weighted by atomic mass is 35.5. The van der Waals surface area contributed by atoms with Gasteiger partial charge in [-0.05, 0) is 68.1 Å². The van der Waals surface area contributed by atoms with Gasteiger partial charge in [0.05, 0.1) is 11.9 Å². The number of hydrogen-bond acceptors (Lipinski definition) is 4. The first-order chi connectivity index (χ1) is 17.5. The Balaban J connectivity index is 1.74. The molecule has 0 saturated heterocycles. The summed E-state index contributed by atoms with van der Waals surface area (Å²) in [6.07, 6.45) is 5.44. The summed E-state index contributed by atoms with van der Waals surface area (Å²) in [4.78, 5) is 27.9. The van der Waals surface area contributed by atoms with E-state index in [0.717, 1.165) is 31.9 Å². The number of sulfonamides is 1. The van der Waals surface area contributed by atoms with Crippen LogP contribution in [0, 0.1) is 0 Å². The molecule has 0 radical (unpaired) electrons. The average molecular weight is 589 g/mol. The molecule has 1 aliphatic carbocycles. The van der Waals surface area contributed by atoms with Gasteiger partial charge >= 0.3 is 0 Å². The topological polar surface area (TPSA) is 86.8 Å². The second kappa shape index (κ2) is 13.2. The molecule has 3 rings (SSSR count). The SMILES string of the molecule is C[C@@H](C(=O)NC1CCCC1)N(Cc1ccc(Cl)cc1Cl)C(=O)CCCN(c1ccc(Cl)cc1)S(C)(=O)=O. The number of carbonyl (C=O) groups is 2. The number of anilines is 1. The minimum Gasteiger partial charge on any atom is -0.352 e. The molecule has 202 valence electrons. The van der Waals surface area contributed by atoms with Crippen molar-refractivity contribution in [2.24, 2.45) is 0 Å². The van der Waals surface area contributed by atoms with Crippen LogP contribution in [0.4, 0.5) is 5.69 Å². The van der Waals surface area contributed by atoms with E-state index in [-0.39, 0.29) is 43.8 Å². The average Bonchev–Trinajstić information content (AvgIpc) is 3.34. The highest BCUT2D eigenvalue weighted by molar-refractivity contribution is 7.92. The van der Waals surface area contributed by atoms with Gasteiger partial charge in [-0.15, -0.1) is 0 Å². The minimum atomic E-state index is -3.58. The van der Waals surface area contributed by atoms with Crippen molar-refractivity contribution in [2.75, 3.05) is 17.1 Å². The fraction of sp³-hybridized carbons (Fsp3) is 0.462. The van der Waals surface area contributed by atoms with Crippen molar-refractivity contribution in [3.8, 4) is 0 Å². The number of amides is 2. The zero-order valence-corrected chi connectivity index (χ0v) is 24.0. The first-order valence-corrected chi connectivity index (χ1v) is 15.2. The largest absolute Gasteiger partial charge is 0.352 e. The van der Waals surface area contributed by atoms with Crippen LogP contribution in [0.5, 0.6) is 0 Å². The van der Waals surface area contributed by atoms with E-state index < -0.39 is 16.1 Å². The third-order valence-electron chi connectivity index (χ3n) is 6.49. The van der Waals surface area contributed by atoms with Crippen molar-refractivity contribution in [2.45, 2.75) is 64.1 Å². The number of hydrogen-bond donors (Lipinski definition) is 1. The van der Waals surface area contributed by atoms with Gasteiger partial charge in [0.1, 0.15) is 6.04 Å². The molecule has 2 aromatic carbocycles. The molecule has 2 amide bonds. The summed E-state index contributed by atoms with van der Waals surface area (Å²) in [7, 11) is -3.58. The van der Waals surface area contributed by atoms with Crippen LogP contribution in [0.15, 0.2) is 42.5 Å². The first-order valence-electron chi connectivity index (χ1n) is 12.2. The summed E-state index contributed by atoms with van der Waals surface area (Å²) < 4.78 is 26.1. The molecule has 11 heteroatoms. The van der Waals surface area contributed by atoms with Gasteiger partial charge in [0.25, 0.3) is 0 Å². The van der Waals surface area contributed by atoms with E-state index in [2.05, 4.69) is 5.32 Å². The van der Waals surface area contributed by atoms with E-state index in [1.807, 2.05) is 0 Å². The number of benzene rings is 2. The molecule has 1 saturated carbocycles. The molecular formula is C26H32Cl3N3O4S. The van der Waals surface area contributed by atoms with Crippen molar-refractivity contribution in [3.05, 3.63) is 63.1 Å². The Labute approximate surface area is 234 Å². The maximum absolute atomic E-state index is 13.4. The molecule has 1 aliphatic rings. The molecule has 2 aromatic rings. The molecule has 0 bridgehead atoms. The third kappa shape index (κ3) is 8.50. The molecule has 1 fully saturated rings. The van der Waals surface area contributed by atoms with E-state index in [1.54, 1.807) is 49.4 Å².